The fraction of sp³-hybridized carbons (Fsp3) is 0.233. The Labute approximate surface area is 228 Å². The number of carbonyl (C=O) groups is 1. The van der Waals surface area contributed by atoms with Gasteiger partial charge in [0.2, 0.25) is 0 Å². The minimum Gasteiger partial charge on any atom is -0.378 e. The summed E-state index contributed by atoms with van der Waals surface area (Å²) in [6.07, 6.45) is 2.77. The van der Waals surface area contributed by atoms with Crippen molar-refractivity contribution in [1.29, 1.82) is 0 Å². The molecule has 0 radical (unpaired) electrons. The van der Waals surface area contributed by atoms with Gasteiger partial charge in [0, 0.05) is 25.2 Å². The second-order valence-electron chi connectivity index (χ2n) is 9.33. The highest BCUT2D eigenvalue weighted by atomic mass is 32.3. The average molecular weight is 547 g/mol. The van der Waals surface area contributed by atoms with Gasteiger partial charge < -0.3 is 9.50 Å². The predicted octanol–water partition coefficient (Wildman–Crippen LogP) is 5.75. The van der Waals surface area contributed by atoms with Gasteiger partial charge in [-0.05, 0) is 83.8 Å². The Morgan fingerprint density at radius 3 is 2.45 bits per heavy atom. The van der Waals surface area contributed by atoms with Gasteiger partial charge in [0.05, 0.1) is 0 Å². The molecule has 1 aliphatic rings. The van der Waals surface area contributed by atoms with E-state index in [0.717, 1.165) is 66.9 Å². The van der Waals surface area contributed by atoms with Gasteiger partial charge in [0.25, 0.3) is 5.91 Å². The van der Waals surface area contributed by atoms with Gasteiger partial charge in [0.15, 0.2) is 4.21 Å². The van der Waals surface area contributed by atoms with Gasteiger partial charge in [-0.1, -0.05) is 54.6 Å². The third-order valence-electron chi connectivity index (χ3n) is 6.66. The van der Waals surface area contributed by atoms with Gasteiger partial charge in [-0.2, -0.15) is 8.42 Å². The molecule has 0 spiro atoms. The lowest BCUT2D eigenvalue weighted by Crippen LogP contribution is -2.32. The van der Waals surface area contributed by atoms with E-state index in [-0.39, 0.29) is 10.1 Å². The van der Waals surface area contributed by atoms with Crippen LogP contribution < -0.4 is 9.50 Å². The lowest BCUT2D eigenvalue weighted by Gasteiger charge is -2.29. The van der Waals surface area contributed by atoms with Gasteiger partial charge in [0.1, 0.15) is 5.75 Å². The van der Waals surface area contributed by atoms with E-state index in [2.05, 4.69) is 22.3 Å². The smallest absolute Gasteiger partial charge is 0.348 e. The van der Waals surface area contributed by atoms with Crippen LogP contribution in [-0.2, 0) is 23.1 Å². The van der Waals surface area contributed by atoms with E-state index in [0.29, 0.717) is 17.9 Å². The zero-order valence-corrected chi connectivity index (χ0v) is 22.6. The fourth-order valence-corrected chi connectivity index (χ4v) is 6.49. The highest BCUT2D eigenvalue weighted by molar-refractivity contribution is 7.89. The first-order valence-electron chi connectivity index (χ1n) is 12.7. The average Bonchev–Trinajstić information content (AvgIpc) is 3.49. The zero-order valence-electron chi connectivity index (χ0n) is 21.0. The number of fused-ring (bicyclic) bond motifs is 1. The second-order valence-corrected chi connectivity index (χ2v) is 12.1. The maximum Gasteiger partial charge on any atom is 0.348 e. The van der Waals surface area contributed by atoms with E-state index < -0.39 is 10.1 Å². The number of amides is 1. The summed E-state index contributed by atoms with van der Waals surface area (Å²) in [5.74, 6) is 0.292. The number of hydrogen-bond acceptors (Lipinski definition) is 6. The largest absolute Gasteiger partial charge is 0.378 e. The first-order chi connectivity index (χ1) is 18.5. The van der Waals surface area contributed by atoms with Crippen LogP contribution in [0.25, 0.3) is 11.1 Å². The number of unbranched alkanes of at least 4 members (excludes halogenated alkanes) is 1. The Bertz CT molecular complexity index is 1470. The third-order valence-corrected chi connectivity index (χ3v) is 9.26. The van der Waals surface area contributed by atoms with Crippen molar-refractivity contribution in [2.45, 2.75) is 30.0 Å². The number of nitrogens with zero attached hydrogens (tertiary/aromatic N) is 1. The molecular formula is C30H30N2O4S2. The van der Waals surface area contributed by atoms with Crippen molar-refractivity contribution >= 4 is 27.4 Å². The van der Waals surface area contributed by atoms with Gasteiger partial charge in [-0.15, -0.1) is 11.3 Å². The summed E-state index contributed by atoms with van der Waals surface area (Å²) in [5, 5.41) is 4.74. The monoisotopic (exact) mass is 546 g/mol. The molecule has 0 saturated carbocycles. The lowest BCUT2D eigenvalue weighted by atomic mass is 9.99. The van der Waals surface area contributed by atoms with E-state index in [9.17, 15) is 13.2 Å². The van der Waals surface area contributed by atoms with Crippen molar-refractivity contribution in [3.05, 3.63) is 107 Å². The van der Waals surface area contributed by atoms with Crippen molar-refractivity contribution in [2.24, 2.45) is 0 Å². The van der Waals surface area contributed by atoms with Crippen LogP contribution in [0.5, 0.6) is 5.75 Å². The van der Waals surface area contributed by atoms with Crippen LogP contribution in [0.4, 0.5) is 0 Å². The standard InChI is InChI=1S/C30H30N2O4S2/c33-30(26-12-10-24(11-13-26)23-7-2-1-3-8-23)31-17-4-5-18-32-19-16-25-14-15-28(21-27(25)22-32)36-38(34,35)29-9-6-20-37-29/h1-3,6-15,20-21H,4-5,16-19,22H2,(H,31,33). The summed E-state index contributed by atoms with van der Waals surface area (Å²) in [6, 6.07) is 26.6. The van der Waals surface area contributed by atoms with Crippen molar-refractivity contribution in [2.75, 3.05) is 19.6 Å². The molecular weight excluding hydrogens is 516 g/mol. The molecule has 0 bridgehead atoms. The number of hydrogen-bond donors (Lipinski definition) is 1. The van der Waals surface area contributed by atoms with Crippen molar-refractivity contribution in [1.82, 2.24) is 10.2 Å². The lowest BCUT2D eigenvalue weighted by molar-refractivity contribution is 0.0952. The first kappa shape index (κ1) is 26.2. The molecule has 1 amide bonds. The number of thiophene rings is 1. The van der Waals surface area contributed by atoms with Crippen LogP contribution in [-0.4, -0.2) is 38.9 Å². The third kappa shape index (κ3) is 6.51. The van der Waals surface area contributed by atoms with Crippen LogP contribution in [0.1, 0.15) is 34.3 Å². The molecule has 38 heavy (non-hydrogen) atoms. The van der Waals surface area contributed by atoms with Crippen LogP contribution >= 0.6 is 11.3 Å². The maximum absolute atomic E-state index is 12.5. The fourth-order valence-electron chi connectivity index (χ4n) is 4.62. The van der Waals surface area contributed by atoms with E-state index >= 15 is 0 Å². The second kappa shape index (κ2) is 11.9. The molecule has 4 aromatic rings. The summed E-state index contributed by atoms with van der Waals surface area (Å²) < 4.78 is 30.5. The van der Waals surface area contributed by atoms with Crippen LogP contribution in [0.15, 0.2) is 94.5 Å². The first-order valence-corrected chi connectivity index (χ1v) is 15.0. The SMILES string of the molecule is O=C(NCCCCN1CCc2ccc(OS(=O)(=O)c3cccs3)cc2C1)c1ccc(-c2ccccc2)cc1. The number of rotatable bonds is 10. The van der Waals surface area contributed by atoms with Crippen molar-refractivity contribution < 1.29 is 17.4 Å². The Kier molecular flexibility index (Phi) is 8.22. The number of nitrogens with one attached hydrogen (secondary N) is 1. The van der Waals surface area contributed by atoms with Crippen molar-refractivity contribution in [3.8, 4) is 16.9 Å². The van der Waals surface area contributed by atoms with Crippen molar-refractivity contribution in [3.63, 3.8) is 0 Å². The molecule has 0 fully saturated rings. The van der Waals surface area contributed by atoms with E-state index in [1.807, 2.05) is 54.6 Å². The minimum absolute atomic E-state index is 0.0541. The molecule has 0 saturated heterocycles. The summed E-state index contributed by atoms with van der Waals surface area (Å²) >= 11 is 1.14. The molecule has 6 nitrogen and oxygen atoms in total. The topological polar surface area (TPSA) is 75.7 Å². The van der Waals surface area contributed by atoms with E-state index in [1.54, 1.807) is 23.6 Å². The van der Waals surface area contributed by atoms with E-state index in [4.69, 9.17) is 4.18 Å². The molecule has 3 aromatic carbocycles. The van der Waals surface area contributed by atoms with Crippen LogP contribution in [0, 0.1) is 0 Å². The van der Waals surface area contributed by atoms with Gasteiger partial charge in [-0.25, -0.2) is 0 Å². The maximum atomic E-state index is 12.5. The minimum atomic E-state index is -3.80. The molecule has 2 heterocycles. The normalized spacial score (nSPS) is 13.6. The molecule has 5 rings (SSSR count). The molecule has 1 N–H and O–H groups in total. The predicted molar refractivity (Wildman–Crippen MR) is 151 cm³/mol. The molecule has 8 heteroatoms. The van der Waals surface area contributed by atoms with E-state index in [1.165, 1.54) is 5.56 Å². The number of benzene rings is 3. The summed E-state index contributed by atoms with van der Waals surface area (Å²) in [6.45, 7) is 3.26. The van der Waals surface area contributed by atoms with Gasteiger partial charge >= 0.3 is 10.1 Å². The summed E-state index contributed by atoms with van der Waals surface area (Å²) in [7, 11) is -3.80. The molecule has 1 aliphatic heterocycles. The summed E-state index contributed by atoms with van der Waals surface area (Å²) in [4.78, 5) is 14.9. The highest BCUT2D eigenvalue weighted by Crippen LogP contribution is 2.27. The Hall–Kier alpha value is -3.46. The Morgan fingerprint density at radius 2 is 1.68 bits per heavy atom. The molecule has 0 aliphatic carbocycles. The van der Waals surface area contributed by atoms with Crippen LogP contribution in [0.2, 0.25) is 0 Å². The Morgan fingerprint density at radius 1 is 0.895 bits per heavy atom. The summed E-state index contributed by atoms with van der Waals surface area (Å²) in [5.41, 5.74) is 5.21. The zero-order chi connectivity index (χ0) is 26.4. The highest BCUT2D eigenvalue weighted by Gasteiger charge is 2.21. The molecule has 1 aromatic heterocycles. The Balaban J connectivity index is 1.06. The quantitative estimate of drug-likeness (QED) is 0.202. The molecule has 0 atom stereocenters. The molecule has 196 valence electrons. The van der Waals surface area contributed by atoms with Gasteiger partial charge in [-0.3, -0.25) is 9.69 Å². The molecule has 0 unspecified atom stereocenters. The van der Waals surface area contributed by atoms with Crippen LogP contribution in [0.3, 0.4) is 0 Å². The number of carbonyl (C=O) groups excluding carboxylic acids is 1.